The number of pyridine rings is 1. The van der Waals surface area contributed by atoms with Gasteiger partial charge in [0.05, 0.1) is 11.7 Å². The van der Waals surface area contributed by atoms with Gasteiger partial charge in [-0.15, -0.1) is 0 Å². The van der Waals surface area contributed by atoms with E-state index in [1.54, 1.807) is 0 Å². The van der Waals surface area contributed by atoms with Crippen LogP contribution in [0, 0.1) is 13.8 Å². The SMILES string of the molecule is Cc1nc([C@H]2CCCCN2Cc2ncccc2C)n[nH]1. The van der Waals surface area contributed by atoms with Gasteiger partial charge >= 0.3 is 0 Å². The van der Waals surface area contributed by atoms with Gasteiger partial charge in [-0.1, -0.05) is 12.5 Å². The zero-order valence-corrected chi connectivity index (χ0v) is 12.1. The third-order valence-electron chi connectivity index (χ3n) is 4.00. The van der Waals surface area contributed by atoms with Crippen molar-refractivity contribution in [2.24, 2.45) is 0 Å². The normalized spacial score (nSPS) is 20.2. The monoisotopic (exact) mass is 271 g/mol. The molecule has 0 bridgehead atoms. The molecule has 0 saturated carbocycles. The van der Waals surface area contributed by atoms with E-state index in [1.807, 2.05) is 19.2 Å². The van der Waals surface area contributed by atoms with E-state index in [-0.39, 0.29) is 0 Å². The van der Waals surface area contributed by atoms with Crippen molar-refractivity contribution < 1.29 is 0 Å². The van der Waals surface area contributed by atoms with E-state index in [0.29, 0.717) is 6.04 Å². The fraction of sp³-hybridized carbons (Fsp3) is 0.533. The fourth-order valence-electron chi connectivity index (χ4n) is 2.86. The van der Waals surface area contributed by atoms with Gasteiger partial charge in [-0.05, 0) is 44.9 Å². The highest BCUT2D eigenvalue weighted by Gasteiger charge is 2.27. The van der Waals surface area contributed by atoms with Crippen LogP contribution in [-0.2, 0) is 6.54 Å². The molecular weight excluding hydrogens is 250 g/mol. The molecule has 1 aliphatic rings. The molecule has 2 aromatic heterocycles. The van der Waals surface area contributed by atoms with Crippen molar-refractivity contribution in [3.63, 3.8) is 0 Å². The minimum atomic E-state index is 0.315. The summed E-state index contributed by atoms with van der Waals surface area (Å²) in [6, 6.07) is 4.43. The minimum Gasteiger partial charge on any atom is -0.287 e. The van der Waals surface area contributed by atoms with Gasteiger partial charge in [-0.3, -0.25) is 15.0 Å². The lowest BCUT2D eigenvalue weighted by Crippen LogP contribution is -2.34. The average molecular weight is 271 g/mol. The number of aromatic nitrogens is 4. The molecule has 2 aromatic rings. The molecule has 0 aliphatic carbocycles. The number of aromatic amines is 1. The summed E-state index contributed by atoms with van der Waals surface area (Å²) in [4.78, 5) is 11.5. The van der Waals surface area contributed by atoms with Gasteiger partial charge in [0.1, 0.15) is 5.82 Å². The Bertz CT molecular complexity index is 577. The molecule has 0 spiro atoms. The summed E-state index contributed by atoms with van der Waals surface area (Å²) in [7, 11) is 0. The minimum absolute atomic E-state index is 0.315. The predicted octanol–water partition coefficient (Wildman–Crippen LogP) is 2.54. The van der Waals surface area contributed by atoms with Crippen molar-refractivity contribution in [1.29, 1.82) is 0 Å². The molecule has 1 saturated heterocycles. The van der Waals surface area contributed by atoms with Crippen LogP contribution in [0.25, 0.3) is 0 Å². The van der Waals surface area contributed by atoms with Gasteiger partial charge < -0.3 is 0 Å². The summed E-state index contributed by atoms with van der Waals surface area (Å²) >= 11 is 0. The number of nitrogens with zero attached hydrogens (tertiary/aromatic N) is 4. The largest absolute Gasteiger partial charge is 0.287 e. The molecule has 1 fully saturated rings. The summed E-state index contributed by atoms with van der Waals surface area (Å²) in [5, 5.41) is 7.31. The second-order valence-corrected chi connectivity index (χ2v) is 5.53. The Kier molecular flexibility index (Phi) is 3.78. The molecule has 20 heavy (non-hydrogen) atoms. The van der Waals surface area contributed by atoms with E-state index in [2.05, 4.69) is 38.1 Å². The molecule has 5 nitrogen and oxygen atoms in total. The van der Waals surface area contributed by atoms with E-state index in [1.165, 1.54) is 18.4 Å². The number of likely N-dealkylation sites (tertiary alicyclic amines) is 1. The summed E-state index contributed by atoms with van der Waals surface area (Å²) in [6.07, 6.45) is 5.49. The van der Waals surface area contributed by atoms with Crippen LogP contribution in [-0.4, -0.2) is 31.6 Å². The number of hydrogen-bond acceptors (Lipinski definition) is 4. The molecule has 0 aromatic carbocycles. The summed E-state index contributed by atoms with van der Waals surface area (Å²) in [6.45, 7) is 6.05. The summed E-state index contributed by atoms with van der Waals surface area (Å²) in [5.74, 6) is 1.82. The van der Waals surface area contributed by atoms with Crippen molar-refractivity contribution in [3.05, 3.63) is 41.2 Å². The van der Waals surface area contributed by atoms with Crippen LogP contribution >= 0.6 is 0 Å². The van der Waals surface area contributed by atoms with Crippen LogP contribution in [0.4, 0.5) is 0 Å². The fourth-order valence-corrected chi connectivity index (χ4v) is 2.86. The topological polar surface area (TPSA) is 57.7 Å². The number of piperidine rings is 1. The van der Waals surface area contributed by atoms with E-state index in [9.17, 15) is 0 Å². The third kappa shape index (κ3) is 2.72. The van der Waals surface area contributed by atoms with Gasteiger partial charge in [0.15, 0.2) is 5.82 Å². The number of nitrogens with one attached hydrogen (secondary N) is 1. The lowest BCUT2D eigenvalue weighted by atomic mass is 10.0. The Labute approximate surface area is 119 Å². The van der Waals surface area contributed by atoms with Crippen molar-refractivity contribution in [1.82, 2.24) is 25.1 Å². The molecule has 1 atom stereocenters. The predicted molar refractivity (Wildman–Crippen MR) is 77.1 cm³/mol. The Morgan fingerprint density at radius 3 is 3.00 bits per heavy atom. The second-order valence-electron chi connectivity index (χ2n) is 5.53. The molecule has 1 aliphatic heterocycles. The van der Waals surface area contributed by atoms with Crippen molar-refractivity contribution in [2.75, 3.05) is 6.54 Å². The maximum absolute atomic E-state index is 4.52. The molecule has 0 unspecified atom stereocenters. The molecule has 5 heteroatoms. The molecule has 1 N–H and O–H groups in total. The molecule has 0 radical (unpaired) electrons. The van der Waals surface area contributed by atoms with Crippen LogP contribution in [0.3, 0.4) is 0 Å². The van der Waals surface area contributed by atoms with Crippen LogP contribution in [0.5, 0.6) is 0 Å². The highest BCUT2D eigenvalue weighted by Crippen LogP contribution is 2.30. The molecule has 106 valence electrons. The maximum atomic E-state index is 4.52. The van der Waals surface area contributed by atoms with Crippen molar-refractivity contribution >= 4 is 0 Å². The lowest BCUT2D eigenvalue weighted by molar-refractivity contribution is 0.132. The van der Waals surface area contributed by atoms with Crippen molar-refractivity contribution in [3.8, 4) is 0 Å². The first kappa shape index (κ1) is 13.2. The molecular formula is C15H21N5. The third-order valence-corrected chi connectivity index (χ3v) is 4.00. The Morgan fingerprint density at radius 2 is 2.25 bits per heavy atom. The number of rotatable bonds is 3. The van der Waals surface area contributed by atoms with Gasteiger partial charge in [0, 0.05) is 12.7 Å². The smallest absolute Gasteiger partial charge is 0.167 e. The van der Waals surface area contributed by atoms with Crippen LogP contribution in [0.1, 0.15) is 48.2 Å². The lowest BCUT2D eigenvalue weighted by Gasteiger charge is -2.33. The van der Waals surface area contributed by atoms with E-state index >= 15 is 0 Å². The first-order valence-electron chi connectivity index (χ1n) is 7.27. The quantitative estimate of drug-likeness (QED) is 0.932. The Balaban J connectivity index is 1.81. The molecule has 0 amide bonds. The van der Waals surface area contributed by atoms with Crippen LogP contribution in [0.15, 0.2) is 18.3 Å². The first-order valence-corrected chi connectivity index (χ1v) is 7.27. The second kappa shape index (κ2) is 5.71. The van der Waals surface area contributed by atoms with Gasteiger partial charge in [-0.25, -0.2) is 4.98 Å². The average Bonchev–Trinajstić information content (AvgIpc) is 2.88. The van der Waals surface area contributed by atoms with E-state index in [0.717, 1.165) is 36.9 Å². The van der Waals surface area contributed by atoms with E-state index < -0.39 is 0 Å². The van der Waals surface area contributed by atoms with Gasteiger partial charge in [0.2, 0.25) is 0 Å². The maximum Gasteiger partial charge on any atom is 0.167 e. The highest BCUT2D eigenvalue weighted by atomic mass is 15.3. The number of hydrogen-bond donors (Lipinski definition) is 1. The summed E-state index contributed by atoms with van der Waals surface area (Å²) < 4.78 is 0. The van der Waals surface area contributed by atoms with Gasteiger partial charge in [0.25, 0.3) is 0 Å². The Morgan fingerprint density at radius 1 is 1.35 bits per heavy atom. The first-order chi connectivity index (χ1) is 9.74. The van der Waals surface area contributed by atoms with Crippen LogP contribution in [0.2, 0.25) is 0 Å². The van der Waals surface area contributed by atoms with Crippen molar-refractivity contribution in [2.45, 2.75) is 45.7 Å². The van der Waals surface area contributed by atoms with Crippen LogP contribution < -0.4 is 0 Å². The molecule has 3 rings (SSSR count). The standard InChI is InChI=1S/C15H21N5/c1-11-6-5-8-16-13(11)10-20-9-4-3-7-14(20)15-17-12(2)18-19-15/h5-6,8,14H,3-4,7,9-10H2,1-2H3,(H,17,18,19)/t14-/m1/s1. The van der Waals surface area contributed by atoms with Gasteiger partial charge in [-0.2, -0.15) is 5.10 Å². The summed E-state index contributed by atoms with van der Waals surface area (Å²) in [5.41, 5.74) is 2.41. The number of aryl methyl sites for hydroxylation is 2. The zero-order chi connectivity index (χ0) is 13.9. The Hall–Kier alpha value is -1.75. The zero-order valence-electron chi connectivity index (χ0n) is 12.1. The number of H-pyrrole nitrogens is 1. The molecule has 3 heterocycles. The van der Waals surface area contributed by atoms with E-state index in [4.69, 9.17) is 0 Å². The highest BCUT2D eigenvalue weighted by molar-refractivity contribution is 5.18.